The van der Waals surface area contributed by atoms with E-state index in [0.717, 1.165) is 16.6 Å². The molecule has 1 N–H and O–H groups in total. The molecule has 34 heavy (non-hydrogen) atoms. The monoisotopic (exact) mass is 456 g/mol. The minimum absolute atomic E-state index is 0.0135. The summed E-state index contributed by atoms with van der Waals surface area (Å²) in [6.07, 6.45) is 0.0454. The molecule has 0 saturated heterocycles. The number of benzene rings is 3. The van der Waals surface area contributed by atoms with Crippen LogP contribution in [0.2, 0.25) is 0 Å². The van der Waals surface area contributed by atoms with Crippen molar-refractivity contribution in [1.29, 1.82) is 0 Å². The summed E-state index contributed by atoms with van der Waals surface area (Å²) in [6.45, 7) is 2.80. The quantitative estimate of drug-likeness (QED) is 0.421. The van der Waals surface area contributed by atoms with E-state index in [2.05, 4.69) is 10.3 Å². The van der Waals surface area contributed by atoms with Crippen LogP contribution in [-0.2, 0) is 6.42 Å². The van der Waals surface area contributed by atoms with Crippen LogP contribution in [0.4, 0.5) is 10.1 Å². The summed E-state index contributed by atoms with van der Waals surface area (Å²) >= 11 is 0. The number of anilines is 1. The molecule has 0 saturated carbocycles. The van der Waals surface area contributed by atoms with Crippen LogP contribution in [0.25, 0.3) is 10.9 Å². The molecule has 1 aromatic heterocycles. The fraction of sp³-hybridized carbons (Fsp3) is 0.148. The van der Waals surface area contributed by atoms with Crippen LogP contribution in [0.5, 0.6) is 11.5 Å². The molecule has 7 heteroatoms. The maximum absolute atomic E-state index is 14.5. The zero-order valence-electron chi connectivity index (χ0n) is 18.4. The number of hydrogen-bond acceptors (Lipinski definition) is 5. The second-order valence-electron chi connectivity index (χ2n) is 8.09. The number of ketones is 1. The number of nitrogens with one attached hydrogen (secondary N) is 1. The molecule has 2 heterocycles. The van der Waals surface area contributed by atoms with E-state index in [0.29, 0.717) is 41.4 Å². The van der Waals surface area contributed by atoms with E-state index in [1.165, 1.54) is 18.2 Å². The first-order valence-electron chi connectivity index (χ1n) is 10.9. The highest BCUT2D eigenvalue weighted by molar-refractivity contribution is 6.06. The minimum atomic E-state index is -0.582. The zero-order valence-corrected chi connectivity index (χ0v) is 18.4. The summed E-state index contributed by atoms with van der Waals surface area (Å²) in [4.78, 5) is 30.0. The third kappa shape index (κ3) is 4.45. The van der Waals surface area contributed by atoms with Crippen molar-refractivity contribution in [3.8, 4) is 11.5 Å². The van der Waals surface area contributed by atoms with Crippen molar-refractivity contribution in [3.05, 3.63) is 94.9 Å². The first-order valence-corrected chi connectivity index (χ1v) is 10.9. The highest BCUT2D eigenvalue weighted by Crippen LogP contribution is 2.31. The van der Waals surface area contributed by atoms with Gasteiger partial charge in [-0.3, -0.25) is 14.6 Å². The minimum Gasteiger partial charge on any atom is -0.486 e. The first-order chi connectivity index (χ1) is 16.5. The molecule has 6 nitrogen and oxygen atoms in total. The van der Waals surface area contributed by atoms with Gasteiger partial charge in [-0.15, -0.1) is 0 Å². The van der Waals surface area contributed by atoms with Crippen molar-refractivity contribution in [3.63, 3.8) is 0 Å². The maximum atomic E-state index is 14.5. The fourth-order valence-corrected chi connectivity index (χ4v) is 3.85. The van der Waals surface area contributed by atoms with Gasteiger partial charge in [0.25, 0.3) is 5.91 Å². The van der Waals surface area contributed by atoms with Crippen molar-refractivity contribution in [2.75, 3.05) is 18.5 Å². The Hall–Kier alpha value is -4.26. The third-order valence-corrected chi connectivity index (χ3v) is 5.60. The lowest BCUT2D eigenvalue weighted by molar-refractivity contribution is 0.0990. The lowest BCUT2D eigenvalue weighted by Gasteiger charge is -2.18. The van der Waals surface area contributed by atoms with E-state index in [1.807, 2.05) is 19.1 Å². The van der Waals surface area contributed by atoms with Gasteiger partial charge in [0.05, 0.1) is 11.2 Å². The van der Waals surface area contributed by atoms with Crippen molar-refractivity contribution < 1.29 is 23.5 Å². The van der Waals surface area contributed by atoms with Crippen molar-refractivity contribution in [2.45, 2.75) is 13.3 Å². The Balaban J connectivity index is 1.33. The molecule has 3 aromatic carbocycles. The number of halogens is 1. The molecule has 170 valence electrons. The standard InChI is InChI=1S/C27H21FN2O4/c1-16-2-4-18-14-20(5-8-22(18)29-16)27(32)30-23-12-17(3-7-21(23)28)13-24(31)19-6-9-25-26(15-19)34-11-10-33-25/h2-9,12,14-15H,10-11,13H2,1H3,(H,30,32). The van der Waals surface area contributed by atoms with Crippen LogP contribution in [0.1, 0.15) is 32.0 Å². The number of amides is 1. The number of aryl methyl sites for hydroxylation is 1. The van der Waals surface area contributed by atoms with Gasteiger partial charge in [-0.1, -0.05) is 12.1 Å². The second-order valence-corrected chi connectivity index (χ2v) is 8.09. The number of fused-ring (bicyclic) bond motifs is 2. The van der Waals surface area contributed by atoms with E-state index < -0.39 is 11.7 Å². The number of rotatable bonds is 5. The van der Waals surface area contributed by atoms with Crippen LogP contribution < -0.4 is 14.8 Å². The van der Waals surface area contributed by atoms with E-state index in [4.69, 9.17) is 9.47 Å². The van der Waals surface area contributed by atoms with Gasteiger partial charge in [0.15, 0.2) is 17.3 Å². The number of carbonyl (C=O) groups excluding carboxylic acids is 2. The molecule has 1 aliphatic rings. The molecule has 0 unspecified atom stereocenters. The molecular weight excluding hydrogens is 435 g/mol. The van der Waals surface area contributed by atoms with Crippen molar-refractivity contribution >= 4 is 28.3 Å². The highest BCUT2D eigenvalue weighted by Gasteiger charge is 2.17. The second kappa shape index (κ2) is 8.94. The van der Waals surface area contributed by atoms with Gasteiger partial charge in [-0.25, -0.2) is 4.39 Å². The number of nitrogens with zero attached hydrogens (tertiary/aromatic N) is 1. The number of ether oxygens (including phenoxy) is 2. The fourth-order valence-electron chi connectivity index (χ4n) is 3.85. The normalized spacial score (nSPS) is 12.4. The first kappa shape index (κ1) is 21.6. The van der Waals surface area contributed by atoms with Gasteiger partial charge in [0.1, 0.15) is 19.0 Å². The van der Waals surface area contributed by atoms with Gasteiger partial charge in [0, 0.05) is 28.6 Å². The van der Waals surface area contributed by atoms with Crippen LogP contribution in [-0.4, -0.2) is 29.9 Å². The molecule has 0 spiro atoms. The van der Waals surface area contributed by atoms with Crippen LogP contribution >= 0.6 is 0 Å². The van der Waals surface area contributed by atoms with E-state index in [-0.39, 0.29) is 17.9 Å². The van der Waals surface area contributed by atoms with Crippen LogP contribution in [0.15, 0.2) is 66.7 Å². The summed E-state index contributed by atoms with van der Waals surface area (Å²) in [5, 5.41) is 3.43. The summed E-state index contributed by atoms with van der Waals surface area (Å²) in [7, 11) is 0. The van der Waals surface area contributed by atoms with Crippen LogP contribution in [0.3, 0.4) is 0 Å². The smallest absolute Gasteiger partial charge is 0.255 e. The predicted octanol–water partition coefficient (Wildman–Crippen LogP) is 5.13. The van der Waals surface area contributed by atoms with E-state index in [1.54, 1.807) is 36.4 Å². The number of carbonyl (C=O) groups is 2. The Labute approximate surface area is 195 Å². The van der Waals surface area contributed by atoms with E-state index >= 15 is 0 Å². The molecule has 5 rings (SSSR count). The summed E-state index contributed by atoms with van der Waals surface area (Å²) in [5.41, 5.74) is 3.11. The van der Waals surface area contributed by atoms with Gasteiger partial charge in [-0.2, -0.15) is 0 Å². The Kier molecular flexibility index (Phi) is 5.67. The predicted molar refractivity (Wildman–Crippen MR) is 126 cm³/mol. The summed E-state index contributed by atoms with van der Waals surface area (Å²) in [5.74, 6) is -0.0454. The number of hydrogen-bond donors (Lipinski definition) is 1. The average molecular weight is 456 g/mol. The van der Waals surface area contributed by atoms with Gasteiger partial charge in [0.2, 0.25) is 0 Å². The molecule has 0 atom stereocenters. The Bertz CT molecular complexity index is 1430. The molecular formula is C27H21FN2O4. The zero-order chi connectivity index (χ0) is 23.7. The molecule has 4 aromatic rings. The topological polar surface area (TPSA) is 77.5 Å². The molecule has 0 bridgehead atoms. The SMILES string of the molecule is Cc1ccc2cc(C(=O)Nc3cc(CC(=O)c4ccc5c(c4)OCCO5)ccc3F)ccc2n1. The lowest BCUT2D eigenvalue weighted by atomic mass is 10.0. The van der Waals surface area contributed by atoms with Gasteiger partial charge < -0.3 is 14.8 Å². The molecule has 1 amide bonds. The molecule has 0 aliphatic carbocycles. The molecule has 1 aliphatic heterocycles. The third-order valence-electron chi connectivity index (χ3n) is 5.60. The number of pyridine rings is 1. The summed E-state index contributed by atoms with van der Waals surface area (Å²) < 4.78 is 25.5. The van der Waals surface area contributed by atoms with Crippen molar-refractivity contribution in [2.24, 2.45) is 0 Å². The average Bonchev–Trinajstić information content (AvgIpc) is 2.85. The largest absolute Gasteiger partial charge is 0.486 e. The Morgan fingerprint density at radius 1 is 0.912 bits per heavy atom. The van der Waals surface area contributed by atoms with E-state index in [9.17, 15) is 14.0 Å². The number of Topliss-reactive ketones (excluding diaryl/α,β-unsaturated/α-hetero) is 1. The summed E-state index contributed by atoms with van der Waals surface area (Å²) in [6, 6.07) is 18.2. The van der Waals surface area contributed by atoms with Crippen molar-refractivity contribution in [1.82, 2.24) is 4.98 Å². The van der Waals surface area contributed by atoms with Crippen LogP contribution in [0, 0.1) is 12.7 Å². The molecule has 0 fully saturated rings. The maximum Gasteiger partial charge on any atom is 0.255 e. The lowest BCUT2D eigenvalue weighted by Crippen LogP contribution is -2.16. The van der Waals surface area contributed by atoms with Gasteiger partial charge in [-0.05, 0) is 67.1 Å². The molecule has 0 radical (unpaired) electrons. The van der Waals surface area contributed by atoms with Gasteiger partial charge >= 0.3 is 0 Å². The Morgan fingerprint density at radius 2 is 1.71 bits per heavy atom. The highest BCUT2D eigenvalue weighted by atomic mass is 19.1. The number of aromatic nitrogens is 1. The Morgan fingerprint density at radius 3 is 2.56 bits per heavy atom.